The Kier molecular flexibility index (Phi) is 6.93. The fraction of sp³-hybridized carbons (Fsp3) is 0.385. The van der Waals surface area contributed by atoms with Crippen LogP contribution in [0.2, 0.25) is 0 Å². The molecule has 0 unspecified atom stereocenters. The minimum Gasteiger partial charge on any atom is -0.366 e. The van der Waals surface area contributed by atoms with E-state index in [1.807, 2.05) is 11.9 Å². The Balaban J connectivity index is 1.09. The first-order valence-electron chi connectivity index (χ1n) is 12.4. The number of carbonyl (C=O) groups is 2. The van der Waals surface area contributed by atoms with Gasteiger partial charge in [0, 0.05) is 50.8 Å². The van der Waals surface area contributed by atoms with Crippen molar-refractivity contribution in [3.8, 4) is 0 Å². The van der Waals surface area contributed by atoms with Crippen molar-refractivity contribution in [1.82, 2.24) is 29.9 Å². The van der Waals surface area contributed by atoms with Gasteiger partial charge in [-0.3, -0.25) is 14.6 Å². The van der Waals surface area contributed by atoms with Gasteiger partial charge in [-0.05, 0) is 56.0 Å². The summed E-state index contributed by atoms with van der Waals surface area (Å²) in [6.07, 6.45) is 5.33. The van der Waals surface area contributed by atoms with Crippen LogP contribution in [-0.4, -0.2) is 67.9 Å². The van der Waals surface area contributed by atoms with Gasteiger partial charge in [-0.25, -0.2) is 14.1 Å². The molecule has 2 N–H and O–H groups in total. The molecule has 1 aliphatic heterocycles. The first-order valence-corrected chi connectivity index (χ1v) is 12.4. The number of hydrogen-bond donors (Lipinski definition) is 1. The van der Waals surface area contributed by atoms with E-state index in [0.717, 1.165) is 50.1 Å². The van der Waals surface area contributed by atoms with Gasteiger partial charge < -0.3 is 15.5 Å². The van der Waals surface area contributed by atoms with E-state index in [-0.39, 0.29) is 17.8 Å². The lowest BCUT2D eigenvalue weighted by atomic mass is 10.0. The topological polar surface area (TPSA) is 123 Å². The number of unbranched alkanes of at least 4 members (excludes halogenated alkanes) is 1. The summed E-state index contributed by atoms with van der Waals surface area (Å²) in [5.74, 6) is 0.0882. The van der Waals surface area contributed by atoms with Crippen LogP contribution in [0, 0.1) is 5.82 Å². The lowest BCUT2D eigenvalue weighted by Crippen LogP contribution is -2.45. The van der Waals surface area contributed by atoms with E-state index in [1.165, 1.54) is 12.1 Å². The summed E-state index contributed by atoms with van der Waals surface area (Å²) in [4.78, 5) is 37.3. The molecule has 1 fully saturated rings. The van der Waals surface area contributed by atoms with Crippen molar-refractivity contribution in [2.24, 2.45) is 5.73 Å². The second-order valence-electron chi connectivity index (χ2n) is 9.42. The van der Waals surface area contributed by atoms with E-state index in [4.69, 9.17) is 5.73 Å². The Morgan fingerprint density at radius 2 is 1.86 bits per heavy atom. The summed E-state index contributed by atoms with van der Waals surface area (Å²) in [5, 5.41) is 8.29. The first kappa shape index (κ1) is 24.5. The minimum absolute atomic E-state index is 0.130. The molecular formula is C26H29FN8O2. The Morgan fingerprint density at radius 3 is 2.65 bits per heavy atom. The molecule has 0 bridgehead atoms. The molecule has 5 rings (SSSR count). The van der Waals surface area contributed by atoms with E-state index in [0.29, 0.717) is 35.1 Å². The van der Waals surface area contributed by atoms with Crippen molar-refractivity contribution >= 4 is 39.7 Å². The molecule has 192 valence electrons. The van der Waals surface area contributed by atoms with Crippen LogP contribution >= 0.6 is 0 Å². The number of fused-ring (bicyclic) bond motifs is 2. The highest BCUT2D eigenvalue weighted by Gasteiger charge is 2.26. The van der Waals surface area contributed by atoms with Gasteiger partial charge in [0.05, 0.1) is 22.7 Å². The molecule has 0 atom stereocenters. The molecule has 0 radical (unpaired) electrons. The first-order chi connectivity index (χ1) is 17.9. The van der Waals surface area contributed by atoms with E-state index in [2.05, 4.69) is 25.2 Å². The summed E-state index contributed by atoms with van der Waals surface area (Å²) in [5.41, 5.74) is 8.47. The average Bonchev–Trinajstić information content (AvgIpc) is 3.32. The van der Waals surface area contributed by atoms with Gasteiger partial charge in [-0.2, -0.15) is 0 Å². The zero-order chi connectivity index (χ0) is 25.9. The van der Waals surface area contributed by atoms with Crippen molar-refractivity contribution in [3.63, 3.8) is 0 Å². The highest BCUT2D eigenvalue weighted by atomic mass is 19.1. The summed E-state index contributed by atoms with van der Waals surface area (Å²) in [6, 6.07) is 9.67. The molecule has 0 saturated carbocycles. The lowest BCUT2D eigenvalue weighted by Gasteiger charge is -2.37. The third kappa shape index (κ3) is 5.35. The zero-order valence-electron chi connectivity index (χ0n) is 20.7. The number of benzene rings is 2. The molecule has 1 aliphatic rings. The number of hydrogen-bond acceptors (Lipinski definition) is 7. The number of primary amides is 1. The molecule has 3 heterocycles. The van der Waals surface area contributed by atoms with Crippen LogP contribution < -0.4 is 10.6 Å². The molecule has 11 heteroatoms. The van der Waals surface area contributed by atoms with Crippen LogP contribution in [-0.2, 0) is 11.3 Å². The fourth-order valence-corrected chi connectivity index (χ4v) is 4.81. The third-order valence-corrected chi connectivity index (χ3v) is 7.03. The largest absolute Gasteiger partial charge is 0.366 e. The van der Waals surface area contributed by atoms with Crippen LogP contribution in [0.25, 0.3) is 22.1 Å². The second-order valence-corrected chi connectivity index (χ2v) is 9.42. The molecule has 37 heavy (non-hydrogen) atoms. The van der Waals surface area contributed by atoms with Crippen LogP contribution in [0.3, 0.4) is 0 Å². The molecule has 10 nitrogen and oxygen atoms in total. The summed E-state index contributed by atoms with van der Waals surface area (Å²) in [7, 11) is 1.88. The smallest absolute Gasteiger partial charge is 0.248 e. The average molecular weight is 505 g/mol. The van der Waals surface area contributed by atoms with Crippen molar-refractivity contribution < 1.29 is 14.0 Å². The molecule has 0 spiro atoms. The van der Waals surface area contributed by atoms with Crippen LogP contribution in [0.1, 0.15) is 42.5 Å². The predicted octanol–water partition coefficient (Wildman–Crippen LogP) is 2.91. The van der Waals surface area contributed by atoms with Crippen LogP contribution in [0.4, 0.5) is 10.2 Å². The van der Waals surface area contributed by atoms with E-state index in [1.54, 1.807) is 35.1 Å². The highest BCUT2D eigenvalue weighted by molar-refractivity contribution is 5.96. The van der Waals surface area contributed by atoms with E-state index in [9.17, 15) is 14.0 Å². The molecule has 2 aromatic heterocycles. The second kappa shape index (κ2) is 10.5. The normalized spacial score (nSPS) is 14.4. The Morgan fingerprint density at radius 1 is 1.08 bits per heavy atom. The highest BCUT2D eigenvalue weighted by Crippen LogP contribution is 2.23. The summed E-state index contributed by atoms with van der Waals surface area (Å²) >= 11 is 0. The molecular weight excluding hydrogens is 475 g/mol. The maximum Gasteiger partial charge on any atom is 0.248 e. The number of aryl methyl sites for hydroxylation is 1. The van der Waals surface area contributed by atoms with Crippen LogP contribution in [0.15, 0.2) is 42.6 Å². The number of aromatic nitrogens is 5. The number of rotatable bonds is 8. The molecule has 0 aliphatic carbocycles. The van der Waals surface area contributed by atoms with Crippen molar-refractivity contribution in [3.05, 3.63) is 54.0 Å². The fourth-order valence-electron chi connectivity index (χ4n) is 4.81. The zero-order valence-corrected chi connectivity index (χ0v) is 20.7. The maximum absolute atomic E-state index is 13.4. The molecule has 2 aromatic carbocycles. The van der Waals surface area contributed by atoms with Gasteiger partial charge in [0.2, 0.25) is 11.8 Å². The lowest BCUT2D eigenvalue weighted by molar-refractivity contribution is -0.132. The van der Waals surface area contributed by atoms with Gasteiger partial charge >= 0.3 is 0 Å². The minimum atomic E-state index is -0.490. The summed E-state index contributed by atoms with van der Waals surface area (Å²) < 4.78 is 15.1. The maximum atomic E-state index is 13.4. The third-order valence-electron chi connectivity index (χ3n) is 7.03. The Labute approximate surface area is 213 Å². The van der Waals surface area contributed by atoms with E-state index < -0.39 is 5.91 Å². The molecule has 1 saturated heterocycles. The quantitative estimate of drug-likeness (QED) is 0.366. The van der Waals surface area contributed by atoms with Crippen LogP contribution in [0.5, 0.6) is 0 Å². The number of carbonyl (C=O) groups excluding carboxylic acids is 2. The predicted molar refractivity (Wildman–Crippen MR) is 137 cm³/mol. The number of nitrogens with two attached hydrogens (primary N) is 1. The van der Waals surface area contributed by atoms with Crippen molar-refractivity contribution in [1.29, 1.82) is 0 Å². The summed E-state index contributed by atoms with van der Waals surface area (Å²) in [6.45, 7) is 2.15. The van der Waals surface area contributed by atoms with Gasteiger partial charge in [0.25, 0.3) is 0 Å². The Bertz CT molecular complexity index is 1450. The standard InChI is InChI=1S/C26H29FN8O2/c1-33(19-9-12-34(13-10-19)24-16-29-22-15-18(27)6-8-20(22)30-24)25(36)4-2-3-11-35-23-14-17(26(28)37)5-7-21(23)31-32-35/h5-8,14-16,19H,2-4,9-13H2,1H3,(H2,28,37). The monoisotopic (exact) mass is 504 g/mol. The number of anilines is 1. The molecule has 2 amide bonds. The SMILES string of the molecule is CN(C(=O)CCCCn1nnc2ccc(C(N)=O)cc21)C1CCN(c2cnc3cc(F)ccc3n2)CC1. The van der Waals surface area contributed by atoms with Gasteiger partial charge in [0.15, 0.2) is 0 Å². The van der Waals surface area contributed by atoms with Gasteiger partial charge in [-0.1, -0.05) is 5.21 Å². The van der Waals surface area contributed by atoms with Crippen molar-refractivity contribution in [2.45, 2.75) is 44.7 Å². The molecule has 4 aromatic rings. The number of halogens is 1. The van der Waals surface area contributed by atoms with Crippen molar-refractivity contribution in [2.75, 3.05) is 25.0 Å². The van der Waals surface area contributed by atoms with Gasteiger partial charge in [0.1, 0.15) is 17.2 Å². The number of piperidine rings is 1. The Hall–Kier alpha value is -4.15. The number of nitrogens with zero attached hydrogens (tertiary/aromatic N) is 7. The van der Waals surface area contributed by atoms with Gasteiger partial charge in [-0.15, -0.1) is 5.10 Å². The number of amides is 2. The van der Waals surface area contributed by atoms with E-state index >= 15 is 0 Å².